The summed E-state index contributed by atoms with van der Waals surface area (Å²) in [6, 6.07) is 0.180. The lowest BCUT2D eigenvalue weighted by molar-refractivity contribution is -0.149. The normalized spacial score (nSPS) is 31.9. The van der Waals surface area contributed by atoms with Crippen LogP contribution in [0.15, 0.2) is 0 Å². The second kappa shape index (κ2) is 6.90. The molecule has 4 heteroatoms. The molecule has 2 aliphatic carbocycles. The molecule has 2 fully saturated rings. The molecule has 0 radical (unpaired) electrons. The Balaban J connectivity index is 1.89. The van der Waals surface area contributed by atoms with E-state index in [0.29, 0.717) is 18.8 Å². The predicted octanol–water partition coefficient (Wildman–Crippen LogP) is 2.96. The Labute approximate surface area is 122 Å². The summed E-state index contributed by atoms with van der Waals surface area (Å²) >= 11 is 0. The van der Waals surface area contributed by atoms with E-state index in [1.54, 1.807) is 0 Å². The van der Waals surface area contributed by atoms with Gasteiger partial charge in [-0.3, -0.25) is 10.1 Å². The summed E-state index contributed by atoms with van der Waals surface area (Å²) in [5.41, 5.74) is -0.785. The summed E-state index contributed by atoms with van der Waals surface area (Å²) in [4.78, 5) is 11.7. The predicted molar refractivity (Wildman–Crippen MR) is 78.8 cm³/mol. The molecule has 2 N–H and O–H groups in total. The summed E-state index contributed by atoms with van der Waals surface area (Å²) in [6.45, 7) is 4.84. The minimum atomic E-state index is -0.785. The first-order valence-electron chi connectivity index (χ1n) is 8.14. The molecule has 0 bridgehead atoms. The monoisotopic (exact) mass is 283 g/mol. The van der Waals surface area contributed by atoms with Gasteiger partial charge in [0.25, 0.3) is 0 Å². The second-order valence-electron chi connectivity index (χ2n) is 6.89. The van der Waals surface area contributed by atoms with Gasteiger partial charge < -0.3 is 9.84 Å². The van der Waals surface area contributed by atoms with Crippen LogP contribution in [-0.4, -0.2) is 35.4 Å². The number of rotatable bonds is 6. The summed E-state index contributed by atoms with van der Waals surface area (Å²) < 4.78 is 6.05. The molecule has 4 nitrogen and oxygen atoms in total. The van der Waals surface area contributed by atoms with Gasteiger partial charge in [-0.15, -0.1) is 0 Å². The highest BCUT2D eigenvalue weighted by Crippen LogP contribution is 2.32. The van der Waals surface area contributed by atoms with E-state index in [1.165, 1.54) is 25.7 Å². The average Bonchev–Trinajstić information content (AvgIpc) is 2.89. The van der Waals surface area contributed by atoms with Crippen LogP contribution < -0.4 is 5.32 Å². The second-order valence-corrected chi connectivity index (χ2v) is 6.89. The van der Waals surface area contributed by atoms with Crippen LogP contribution in [0.3, 0.4) is 0 Å². The number of carbonyl (C=O) groups is 1. The van der Waals surface area contributed by atoms with Crippen LogP contribution in [0.1, 0.15) is 65.2 Å². The molecule has 20 heavy (non-hydrogen) atoms. The molecule has 0 aromatic heterocycles. The Morgan fingerprint density at radius 2 is 2.00 bits per heavy atom. The van der Waals surface area contributed by atoms with Gasteiger partial charge in [-0.1, -0.05) is 12.8 Å². The van der Waals surface area contributed by atoms with Crippen LogP contribution >= 0.6 is 0 Å². The number of hydrogen-bond acceptors (Lipinski definition) is 3. The zero-order chi connectivity index (χ0) is 14.6. The molecule has 0 heterocycles. The van der Waals surface area contributed by atoms with Crippen molar-refractivity contribution in [2.75, 3.05) is 6.61 Å². The van der Waals surface area contributed by atoms with Crippen molar-refractivity contribution in [3.05, 3.63) is 0 Å². The number of nitrogens with one attached hydrogen (secondary N) is 1. The third-order valence-electron chi connectivity index (χ3n) is 4.72. The highest BCUT2D eigenvalue weighted by Gasteiger charge is 2.43. The third kappa shape index (κ3) is 3.95. The molecule has 0 spiro atoms. The maximum Gasteiger partial charge on any atom is 0.324 e. The summed E-state index contributed by atoms with van der Waals surface area (Å²) in [5, 5.41) is 12.9. The summed E-state index contributed by atoms with van der Waals surface area (Å²) in [7, 11) is 0. The van der Waals surface area contributed by atoms with Crippen molar-refractivity contribution in [1.29, 1.82) is 0 Å². The lowest BCUT2D eigenvalue weighted by Gasteiger charge is -2.39. The first-order chi connectivity index (χ1) is 9.52. The van der Waals surface area contributed by atoms with E-state index in [1.807, 2.05) is 13.8 Å². The topological polar surface area (TPSA) is 58.6 Å². The van der Waals surface area contributed by atoms with Gasteiger partial charge in [-0.25, -0.2) is 0 Å². The van der Waals surface area contributed by atoms with Gasteiger partial charge in [0.05, 0.1) is 6.10 Å². The van der Waals surface area contributed by atoms with Crippen LogP contribution in [0.25, 0.3) is 0 Å². The van der Waals surface area contributed by atoms with Crippen molar-refractivity contribution in [3.63, 3.8) is 0 Å². The molecule has 2 atom stereocenters. The van der Waals surface area contributed by atoms with Crippen molar-refractivity contribution in [3.8, 4) is 0 Å². The van der Waals surface area contributed by atoms with Crippen LogP contribution in [0.2, 0.25) is 0 Å². The van der Waals surface area contributed by atoms with Gasteiger partial charge in [0, 0.05) is 19.1 Å². The van der Waals surface area contributed by atoms with Crippen LogP contribution in [0, 0.1) is 5.92 Å². The molecular formula is C16H29NO3. The zero-order valence-corrected chi connectivity index (χ0v) is 12.9. The third-order valence-corrected chi connectivity index (χ3v) is 4.72. The van der Waals surface area contributed by atoms with Gasteiger partial charge in [-0.05, 0) is 51.9 Å². The number of ether oxygens (including phenoxy) is 1. The van der Waals surface area contributed by atoms with Gasteiger partial charge in [0.15, 0.2) is 0 Å². The number of carboxylic acids is 1. The number of carboxylic acid groups (broad SMARTS) is 1. The fourth-order valence-electron chi connectivity index (χ4n) is 3.76. The highest BCUT2D eigenvalue weighted by molar-refractivity contribution is 5.79. The van der Waals surface area contributed by atoms with E-state index < -0.39 is 11.5 Å². The van der Waals surface area contributed by atoms with Crippen molar-refractivity contribution in [2.45, 2.75) is 82.9 Å². The summed E-state index contributed by atoms with van der Waals surface area (Å²) in [5.74, 6) is -0.0189. The minimum absolute atomic E-state index is 0.103. The Hall–Kier alpha value is -0.610. The van der Waals surface area contributed by atoms with Crippen LogP contribution in [0.5, 0.6) is 0 Å². The molecule has 2 unspecified atom stereocenters. The van der Waals surface area contributed by atoms with Crippen molar-refractivity contribution >= 4 is 5.97 Å². The average molecular weight is 283 g/mol. The van der Waals surface area contributed by atoms with E-state index in [4.69, 9.17) is 4.74 Å². The van der Waals surface area contributed by atoms with E-state index in [9.17, 15) is 9.90 Å². The van der Waals surface area contributed by atoms with E-state index in [0.717, 1.165) is 19.4 Å². The molecule has 2 rings (SSSR count). The van der Waals surface area contributed by atoms with Gasteiger partial charge in [0.2, 0.25) is 0 Å². The van der Waals surface area contributed by atoms with E-state index in [-0.39, 0.29) is 12.1 Å². The molecule has 0 amide bonds. The van der Waals surface area contributed by atoms with E-state index in [2.05, 4.69) is 5.32 Å². The maximum atomic E-state index is 11.7. The van der Waals surface area contributed by atoms with E-state index >= 15 is 0 Å². The Morgan fingerprint density at radius 1 is 1.30 bits per heavy atom. The molecule has 0 aromatic carbocycles. The van der Waals surface area contributed by atoms with Crippen molar-refractivity contribution < 1.29 is 14.6 Å². The molecule has 116 valence electrons. The lowest BCUT2D eigenvalue weighted by atomic mass is 9.79. The number of hydrogen-bond donors (Lipinski definition) is 2. The van der Waals surface area contributed by atoms with Gasteiger partial charge >= 0.3 is 5.97 Å². The SMILES string of the molecule is CC(C)NC1(C(=O)O)CCCC(OCC2CCCC2)C1. The van der Waals surface area contributed by atoms with Crippen molar-refractivity contribution in [2.24, 2.45) is 5.92 Å². The largest absolute Gasteiger partial charge is 0.480 e. The quantitative estimate of drug-likeness (QED) is 0.787. The molecule has 0 aromatic rings. The standard InChI is InChI=1S/C16H29NO3/c1-12(2)17-16(15(18)19)9-5-8-14(10-16)20-11-13-6-3-4-7-13/h12-14,17H,3-11H2,1-2H3,(H,18,19). The smallest absolute Gasteiger partial charge is 0.324 e. The molecule has 0 aliphatic heterocycles. The fourth-order valence-corrected chi connectivity index (χ4v) is 3.76. The minimum Gasteiger partial charge on any atom is -0.480 e. The number of aliphatic carboxylic acids is 1. The lowest BCUT2D eigenvalue weighted by Crippen LogP contribution is -2.58. The van der Waals surface area contributed by atoms with Crippen molar-refractivity contribution in [1.82, 2.24) is 5.32 Å². The zero-order valence-electron chi connectivity index (χ0n) is 12.9. The van der Waals surface area contributed by atoms with Gasteiger partial charge in [-0.2, -0.15) is 0 Å². The van der Waals surface area contributed by atoms with Crippen LogP contribution in [-0.2, 0) is 9.53 Å². The van der Waals surface area contributed by atoms with Gasteiger partial charge in [0.1, 0.15) is 5.54 Å². The Bertz CT molecular complexity index is 326. The van der Waals surface area contributed by atoms with Crippen LogP contribution in [0.4, 0.5) is 0 Å². The highest BCUT2D eigenvalue weighted by atomic mass is 16.5. The molecule has 2 aliphatic rings. The first kappa shape index (κ1) is 15.8. The molecule has 2 saturated carbocycles. The Kier molecular flexibility index (Phi) is 5.44. The summed E-state index contributed by atoms with van der Waals surface area (Å²) in [6.07, 6.45) is 8.56. The molecule has 0 saturated heterocycles. The fraction of sp³-hybridized carbons (Fsp3) is 0.938. The molecular weight excluding hydrogens is 254 g/mol. The first-order valence-corrected chi connectivity index (χ1v) is 8.14. The maximum absolute atomic E-state index is 11.7. The Morgan fingerprint density at radius 3 is 2.60 bits per heavy atom.